The molecule has 26 heavy (non-hydrogen) atoms. The molecule has 1 aromatic rings. The second-order valence-corrected chi connectivity index (χ2v) is 5.23. The normalized spacial score (nSPS) is 15.8. The van der Waals surface area contributed by atoms with E-state index in [4.69, 9.17) is 4.74 Å². The molecule has 0 aliphatic carbocycles. The van der Waals surface area contributed by atoms with Crippen molar-refractivity contribution in [2.24, 2.45) is 0 Å². The molecule has 1 N–H and O–H groups in total. The van der Waals surface area contributed by atoms with Crippen LogP contribution in [0.15, 0.2) is 29.8 Å². The molecule has 1 unspecified atom stereocenters. The molecule has 1 amide bonds. The molecule has 1 aliphatic rings. The Labute approximate surface area is 145 Å². The van der Waals surface area contributed by atoms with Crippen molar-refractivity contribution in [1.82, 2.24) is 5.32 Å². The van der Waals surface area contributed by atoms with Gasteiger partial charge in [-0.25, -0.2) is 0 Å². The zero-order valence-corrected chi connectivity index (χ0v) is 13.5. The van der Waals surface area contributed by atoms with E-state index in [0.717, 1.165) is 0 Å². The van der Waals surface area contributed by atoms with Crippen molar-refractivity contribution in [2.45, 2.75) is 18.8 Å². The van der Waals surface area contributed by atoms with E-state index >= 15 is 0 Å². The number of amides is 1. The first-order valence-corrected chi connectivity index (χ1v) is 7.41. The fraction of sp³-hybridized carbons (Fsp3) is 0.400. The first-order chi connectivity index (χ1) is 12.2. The van der Waals surface area contributed by atoms with Crippen LogP contribution in [-0.2, 0) is 14.4 Å². The van der Waals surface area contributed by atoms with E-state index in [1.165, 1.54) is 18.3 Å². The van der Waals surface area contributed by atoms with Gasteiger partial charge in [-0.2, -0.15) is 13.2 Å². The Balaban J connectivity index is 2.31. The van der Waals surface area contributed by atoms with Crippen LogP contribution in [0.4, 0.5) is 13.2 Å². The second-order valence-electron chi connectivity index (χ2n) is 5.23. The Morgan fingerprint density at radius 1 is 1.38 bits per heavy atom. The van der Waals surface area contributed by atoms with Gasteiger partial charge < -0.3 is 14.8 Å². The topological polar surface area (TPSA) is 99.9 Å². The first-order valence-electron chi connectivity index (χ1n) is 7.41. The van der Waals surface area contributed by atoms with Crippen molar-refractivity contribution in [3.8, 4) is 5.75 Å². The minimum Gasteiger partial charge on any atom is -0.488 e. The van der Waals surface area contributed by atoms with E-state index in [1.54, 1.807) is 24.3 Å². The third kappa shape index (κ3) is 4.23. The average molecular weight is 376 g/mol. The molecule has 1 aliphatic heterocycles. The van der Waals surface area contributed by atoms with Crippen LogP contribution >= 0.6 is 0 Å². The minimum atomic E-state index is -5.31. The van der Waals surface area contributed by atoms with Crippen LogP contribution in [0.2, 0.25) is 0 Å². The van der Waals surface area contributed by atoms with Crippen molar-refractivity contribution < 1.29 is 37.4 Å². The molecule has 0 spiro atoms. The van der Waals surface area contributed by atoms with Crippen LogP contribution in [0.1, 0.15) is 12.5 Å². The quantitative estimate of drug-likeness (QED) is 0.444. The molecule has 11 heteroatoms. The lowest BCUT2D eigenvalue weighted by molar-refractivity contribution is -0.792. The van der Waals surface area contributed by atoms with Crippen molar-refractivity contribution >= 4 is 12.0 Å². The van der Waals surface area contributed by atoms with Gasteiger partial charge in [0.25, 0.3) is 11.0 Å². The second kappa shape index (κ2) is 7.60. The smallest absolute Gasteiger partial charge is 0.438 e. The summed E-state index contributed by atoms with van der Waals surface area (Å²) in [5.41, 5.74) is -3.30. The van der Waals surface area contributed by atoms with Gasteiger partial charge in [0, 0.05) is 12.2 Å². The molecule has 0 saturated heterocycles. The van der Waals surface area contributed by atoms with Gasteiger partial charge in [-0.1, -0.05) is 18.2 Å². The third-order valence-corrected chi connectivity index (χ3v) is 3.44. The predicted molar refractivity (Wildman–Crippen MR) is 81.4 cm³/mol. The maximum absolute atomic E-state index is 13.5. The summed E-state index contributed by atoms with van der Waals surface area (Å²) in [6.45, 7) is -0.369. The Bertz CT molecular complexity index is 722. The summed E-state index contributed by atoms with van der Waals surface area (Å²) < 4.78 is 50.3. The lowest BCUT2D eigenvalue weighted by atomic mass is 10.1. The number of hydrogen-bond donors (Lipinski definition) is 1. The molecule has 0 bridgehead atoms. The molecule has 0 aromatic heterocycles. The number of ether oxygens (including phenoxy) is 2. The fourth-order valence-corrected chi connectivity index (χ4v) is 2.17. The molecule has 2 rings (SSSR count). The number of alkyl halides is 3. The number of carbonyl (C=O) groups is 1. The highest BCUT2D eigenvalue weighted by Gasteiger charge is 2.60. The van der Waals surface area contributed by atoms with Gasteiger partial charge in [-0.15, -0.1) is 10.1 Å². The molecule has 1 aromatic carbocycles. The molecule has 142 valence electrons. The highest BCUT2D eigenvalue weighted by atomic mass is 19.4. The zero-order chi connectivity index (χ0) is 19.4. The van der Waals surface area contributed by atoms with Crippen LogP contribution in [-0.4, -0.2) is 42.7 Å². The minimum absolute atomic E-state index is 0.152. The van der Waals surface area contributed by atoms with E-state index in [-0.39, 0.29) is 18.8 Å². The number of nitrogens with zero attached hydrogens (tertiary/aromatic N) is 1. The number of para-hydroxylation sites is 1. The van der Waals surface area contributed by atoms with Crippen molar-refractivity contribution in [3.05, 3.63) is 45.5 Å². The standard InChI is InChI=1S/C15H15F3N2O6/c1-2-24-9-14(15(16,17)18,26-20(22)23)19-13(21)11-7-10-5-3-4-6-12(10)25-8-11/h3-7H,2,8-9H2,1H3,(H,19,21). The van der Waals surface area contributed by atoms with Gasteiger partial charge in [0.05, 0.1) is 5.57 Å². The van der Waals surface area contributed by atoms with Crippen molar-refractivity contribution in [2.75, 3.05) is 19.8 Å². The number of halogens is 3. The maximum atomic E-state index is 13.5. The van der Waals surface area contributed by atoms with E-state index < -0.39 is 29.5 Å². The number of rotatable bonds is 7. The van der Waals surface area contributed by atoms with Crippen molar-refractivity contribution in [3.63, 3.8) is 0 Å². The SMILES string of the molecule is CCOCC(NC(=O)C1=Cc2ccccc2OC1)(O[N+](=O)[O-])C(F)(F)F. The predicted octanol–water partition coefficient (Wildman–Crippen LogP) is 2.08. The van der Waals surface area contributed by atoms with E-state index in [1.807, 2.05) is 0 Å². The molecule has 0 radical (unpaired) electrons. The van der Waals surface area contributed by atoms with Crippen LogP contribution in [0.25, 0.3) is 6.08 Å². The Hall–Kier alpha value is -2.82. The lowest BCUT2D eigenvalue weighted by Crippen LogP contribution is -2.64. The Kier molecular flexibility index (Phi) is 5.70. The van der Waals surface area contributed by atoms with Gasteiger partial charge in [0.2, 0.25) is 0 Å². The summed E-state index contributed by atoms with van der Waals surface area (Å²) in [7, 11) is 0. The van der Waals surface area contributed by atoms with Gasteiger partial charge in [-0.05, 0) is 19.1 Å². The van der Waals surface area contributed by atoms with E-state index in [0.29, 0.717) is 11.3 Å². The van der Waals surface area contributed by atoms with Gasteiger partial charge in [0.1, 0.15) is 19.0 Å². The number of nitrogens with one attached hydrogen (secondary N) is 1. The monoisotopic (exact) mass is 376 g/mol. The first kappa shape index (κ1) is 19.5. The van der Waals surface area contributed by atoms with Crippen LogP contribution in [0, 0.1) is 10.1 Å². The van der Waals surface area contributed by atoms with Crippen LogP contribution in [0.3, 0.4) is 0 Å². The number of fused-ring (bicyclic) bond motifs is 1. The molecule has 0 saturated carbocycles. The van der Waals surface area contributed by atoms with E-state index in [2.05, 4.69) is 9.57 Å². The fourth-order valence-electron chi connectivity index (χ4n) is 2.17. The van der Waals surface area contributed by atoms with E-state index in [9.17, 15) is 28.1 Å². The molecule has 1 heterocycles. The Morgan fingerprint density at radius 2 is 2.08 bits per heavy atom. The lowest BCUT2D eigenvalue weighted by Gasteiger charge is -2.33. The summed E-state index contributed by atoms with van der Waals surface area (Å²) >= 11 is 0. The molecule has 0 fully saturated rings. The zero-order valence-electron chi connectivity index (χ0n) is 13.5. The number of hydrogen-bond acceptors (Lipinski definition) is 6. The highest BCUT2D eigenvalue weighted by Crippen LogP contribution is 2.33. The molecule has 8 nitrogen and oxygen atoms in total. The van der Waals surface area contributed by atoms with Crippen LogP contribution in [0.5, 0.6) is 5.75 Å². The number of benzene rings is 1. The highest BCUT2D eigenvalue weighted by molar-refractivity contribution is 5.99. The summed E-state index contributed by atoms with van der Waals surface area (Å²) in [5, 5.41) is 10.5. The molecular weight excluding hydrogens is 361 g/mol. The summed E-state index contributed by atoms with van der Waals surface area (Å²) in [6, 6.07) is 6.59. The Morgan fingerprint density at radius 3 is 2.69 bits per heavy atom. The number of carbonyl (C=O) groups excluding carboxylic acids is 1. The largest absolute Gasteiger partial charge is 0.488 e. The van der Waals surface area contributed by atoms with Gasteiger partial charge in [0.15, 0.2) is 0 Å². The maximum Gasteiger partial charge on any atom is 0.438 e. The summed E-state index contributed by atoms with van der Waals surface area (Å²) in [4.78, 5) is 26.7. The summed E-state index contributed by atoms with van der Waals surface area (Å²) in [5.74, 6) is -0.764. The van der Waals surface area contributed by atoms with Gasteiger partial charge >= 0.3 is 11.9 Å². The average Bonchev–Trinajstić information content (AvgIpc) is 2.57. The van der Waals surface area contributed by atoms with Crippen LogP contribution < -0.4 is 10.1 Å². The third-order valence-electron chi connectivity index (χ3n) is 3.44. The molecule has 1 atom stereocenters. The van der Waals surface area contributed by atoms with Crippen molar-refractivity contribution in [1.29, 1.82) is 0 Å². The van der Waals surface area contributed by atoms with Gasteiger partial charge in [-0.3, -0.25) is 9.63 Å². The summed E-state index contributed by atoms with van der Waals surface area (Å²) in [6.07, 6.45) is -3.97. The molecular formula is C15H15F3N2O6.